The van der Waals surface area contributed by atoms with E-state index in [1.165, 1.54) is 0 Å². The van der Waals surface area contributed by atoms with Gasteiger partial charge in [-0.3, -0.25) is 14.9 Å². The van der Waals surface area contributed by atoms with Crippen molar-refractivity contribution in [2.45, 2.75) is 6.43 Å². The molecule has 1 aromatic heterocycles. The topological polar surface area (TPSA) is 76.0 Å². The Morgan fingerprint density at radius 3 is 2.50 bits per heavy atom. The maximum atomic E-state index is 12.3. The minimum Gasteiger partial charge on any atom is -0.327 e. The largest absolute Gasteiger partial charge is 0.327 e. The fourth-order valence-electron chi connectivity index (χ4n) is 0.899. The molecule has 0 unspecified atom stereocenters. The van der Waals surface area contributed by atoms with E-state index in [4.69, 9.17) is 0 Å². The lowest BCUT2D eigenvalue weighted by molar-refractivity contribution is -0.387. The molecule has 0 aromatic carbocycles. The lowest BCUT2D eigenvalue weighted by atomic mass is 10.2. The van der Waals surface area contributed by atoms with E-state index in [2.05, 4.69) is 15.9 Å². The van der Waals surface area contributed by atoms with Gasteiger partial charge in [-0.1, -0.05) is 0 Å². The highest BCUT2D eigenvalue weighted by Crippen LogP contribution is 2.31. The van der Waals surface area contributed by atoms with Gasteiger partial charge in [0.25, 0.3) is 17.7 Å². The third-order valence-corrected chi connectivity index (χ3v) is 2.06. The van der Waals surface area contributed by atoms with Crippen molar-refractivity contribution < 1.29 is 13.7 Å². The van der Waals surface area contributed by atoms with Crippen LogP contribution in [0, 0.1) is 10.1 Å². The predicted octanol–water partition coefficient (Wildman–Crippen LogP) is 1.98. The normalized spacial score (nSPS) is 10.6. The molecule has 0 saturated heterocycles. The molecule has 0 saturated carbocycles. The summed E-state index contributed by atoms with van der Waals surface area (Å²) in [6.07, 6.45) is -2.23. The number of rotatable bonds is 2. The van der Waals surface area contributed by atoms with Gasteiger partial charge in [0.1, 0.15) is 4.47 Å². The summed E-state index contributed by atoms with van der Waals surface area (Å²) in [6, 6.07) is 0. The lowest BCUT2D eigenvalue weighted by Gasteiger charge is -2.01. The smallest absolute Gasteiger partial charge is 0.299 e. The molecule has 1 rings (SSSR count). The van der Waals surface area contributed by atoms with Gasteiger partial charge in [-0.2, -0.15) is 0 Å². The van der Waals surface area contributed by atoms with E-state index < -0.39 is 28.2 Å². The van der Waals surface area contributed by atoms with Crippen LogP contribution < -0.4 is 5.56 Å². The molecule has 1 N–H and O–H groups in total. The first-order valence-corrected chi connectivity index (χ1v) is 4.08. The van der Waals surface area contributed by atoms with Crippen molar-refractivity contribution in [1.29, 1.82) is 0 Å². The zero-order valence-electron chi connectivity index (χ0n) is 6.46. The van der Waals surface area contributed by atoms with Gasteiger partial charge < -0.3 is 4.98 Å². The average molecular weight is 269 g/mol. The number of nitrogens with zero attached hydrogens (tertiary/aromatic N) is 1. The fourth-order valence-corrected chi connectivity index (χ4v) is 1.37. The molecule has 0 aliphatic rings. The third kappa shape index (κ3) is 1.79. The highest BCUT2D eigenvalue weighted by molar-refractivity contribution is 9.10. The number of aromatic amines is 1. The van der Waals surface area contributed by atoms with Crippen molar-refractivity contribution in [2.75, 3.05) is 0 Å². The van der Waals surface area contributed by atoms with Gasteiger partial charge in [-0.05, 0) is 15.9 Å². The van der Waals surface area contributed by atoms with Crippen molar-refractivity contribution in [3.63, 3.8) is 0 Å². The summed E-state index contributed by atoms with van der Waals surface area (Å²) >= 11 is 2.71. The molecule has 0 aliphatic heterocycles. The summed E-state index contributed by atoms with van der Waals surface area (Å²) in [5.74, 6) is 0. The summed E-state index contributed by atoms with van der Waals surface area (Å²) < 4.78 is 24.4. The van der Waals surface area contributed by atoms with E-state index in [1.54, 1.807) is 0 Å². The van der Waals surface area contributed by atoms with Crippen LogP contribution in [0.2, 0.25) is 0 Å². The molecule has 8 heteroatoms. The molecule has 14 heavy (non-hydrogen) atoms. The Kier molecular flexibility index (Phi) is 2.94. The van der Waals surface area contributed by atoms with E-state index >= 15 is 0 Å². The maximum absolute atomic E-state index is 12.3. The van der Waals surface area contributed by atoms with E-state index in [1.807, 2.05) is 4.98 Å². The number of hydrogen-bond acceptors (Lipinski definition) is 3. The second-order valence-corrected chi connectivity index (χ2v) is 3.14. The summed E-state index contributed by atoms with van der Waals surface area (Å²) in [4.78, 5) is 22.2. The van der Waals surface area contributed by atoms with E-state index in [0.29, 0.717) is 0 Å². The van der Waals surface area contributed by atoms with Gasteiger partial charge >= 0.3 is 0 Å². The predicted molar refractivity (Wildman–Crippen MR) is 46.4 cm³/mol. The molecule has 5 nitrogen and oxygen atoms in total. The highest BCUT2D eigenvalue weighted by atomic mass is 79.9. The molecule has 1 heterocycles. The first-order valence-electron chi connectivity index (χ1n) is 3.28. The van der Waals surface area contributed by atoms with Crippen LogP contribution in [0.5, 0.6) is 0 Å². The monoisotopic (exact) mass is 268 g/mol. The van der Waals surface area contributed by atoms with E-state index in [0.717, 1.165) is 6.20 Å². The summed E-state index contributed by atoms with van der Waals surface area (Å²) in [5, 5.41) is 10.4. The Morgan fingerprint density at radius 1 is 1.57 bits per heavy atom. The average Bonchev–Trinajstić information content (AvgIpc) is 2.07. The van der Waals surface area contributed by atoms with Crippen LogP contribution >= 0.6 is 15.9 Å². The van der Waals surface area contributed by atoms with Gasteiger partial charge in [0.05, 0.1) is 4.92 Å². The van der Waals surface area contributed by atoms with Gasteiger partial charge in [0.15, 0.2) is 5.56 Å². The molecule has 0 spiro atoms. The molecule has 0 fully saturated rings. The second kappa shape index (κ2) is 3.82. The zero-order valence-corrected chi connectivity index (χ0v) is 8.05. The van der Waals surface area contributed by atoms with Crippen LogP contribution in [0.3, 0.4) is 0 Å². The second-order valence-electron chi connectivity index (χ2n) is 2.29. The van der Waals surface area contributed by atoms with Crippen LogP contribution in [-0.2, 0) is 0 Å². The van der Waals surface area contributed by atoms with Crippen LogP contribution in [0.25, 0.3) is 0 Å². The molecule has 0 atom stereocenters. The Bertz CT molecular complexity index is 432. The molecule has 0 aliphatic carbocycles. The minimum atomic E-state index is -3.18. The zero-order chi connectivity index (χ0) is 10.9. The highest BCUT2D eigenvalue weighted by Gasteiger charge is 2.28. The van der Waals surface area contributed by atoms with Crippen LogP contribution in [-0.4, -0.2) is 9.91 Å². The molecule has 76 valence electrons. The first kappa shape index (κ1) is 10.8. The number of hydrogen-bond donors (Lipinski definition) is 1. The number of H-pyrrole nitrogens is 1. The standard InChI is InChI=1S/C6H3BrF2N2O3/c7-2-1-10-6(12)3(5(8)9)4(2)11(13)14/h1,5H,(H,10,12). The first-order chi connectivity index (χ1) is 6.45. The Balaban J connectivity index is 3.58. The molecule has 0 bridgehead atoms. The number of halogens is 3. The van der Waals surface area contributed by atoms with Crippen LogP contribution in [0.15, 0.2) is 15.5 Å². The number of pyridine rings is 1. The number of alkyl halides is 2. The Labute approximate surface area is 84.0 Å². The lowest BCUT2D eigenvalue weighted by Crippen LogP contribution is -2.15. The SMILES string of the molecule is O=c1[nH]cc(Br)c([N+](=O)[O-])c1C(F)F. The number of aromatic nitrogens is 1. The third-order valence-electron chi connectivity index (χ3n) is 1.46. The Morgan fingerprint density at radius 2 is 2.14 bits per heavy atom. The summed E-state index contributed by atoms with van der Waals surface area (Å²) in [6.45, 7) is 0. The van der Waals surface area contributed by atoms with Gasteiger partial charge in [-0.25, -0.2) is 8.78 Å². The van der Waals surface area contributed by atoms with Crippen LogP contribution in [0.4, 0.5) is 14.5 Å². The number of nitro groups is 1. The van der Waals surface area contributed by atoms with Crippen molar-refractivity contribution >= 4 is 21.6 Å². The molecule has 1 aromatic rings. The quantitative estimate of drug-likeness (QED) is 0.658. The van der Waals surface area contributed by atoms with Crippen molar-refractivity contribution in [2.24, 2.45) is 0 Å². The van der Waals surface area contributed by atoms with Gasteiger partial charge in [0, 0.05) is 6.20 Å². The molecular weight excluding hydrogens is 266 g/mol. The maximum Gasteiger partial charge on any atom is 0.299 e. The van der Waals surface area contributed by atoms with E-state index in [9.17, 15) is 23.7 Å². The Hall–Kier alpha value is -1.31. The fraction of sp³-hybridized carbons (Fsp3) is 0.167. The van der Waals surface area contributed by atoms with Gasteiger partial charge in [-0.15, -0.1) is 0 Å². The minimum absolute atomic E-state index is 0.183. The molecular formula is C6H3BrF2N2O3. The van der Waals surface area contributed by atoms with E-state index in [-0.39, 0.29) is 4.47 Å². The van der Waals surface area contributed by atoms with Crippen molar-refractivity contribution in [3.8, 4) is 0 Å². The summed E-state index contributed by atoms with van der Waals surface area (Å²) in [5.41, 5.74) is -3.19. The molecule has 0 amide bonds. The number of nitrogens with one attached hydrogen (secondary N) is 1. The van der Waals surface area contributed by atoms with Crippen molar-refractivity contribution in [1.82, 2.24) is 4.98 Å². The van der Waals surface area contributed by atoms with Gasteiger partial charge in [0.2, 0.25) is 0 Å². The molecule has 0 radical (unpaired) electrons. The van der Waals surface area contributed by atoms with Crippen LogP contribution in [0.1, 0.15) is 12.0 Å². The van der Waals surface area contributed by atoms with Crippen molar-refractivity contribution in [3.05, 3.63) is 36.7 Å². The summed E-state index contributed by atoms with van der Waals surface area (Å²) in [7, 11) is 0.